The topological polar surface area (TPSA) is 172 Å². The number of carbonyl (C=O) groups is 2. The summed E-state index contributed by atoms with van der Waals surface area (Å²) in [5, 5.41) is 27.0. The molecule has 11 nitrogen and oxygen atoms in total. The van der Waals surface area contributed by atoms with Gasteiger partial charge in [-0.1, -0.05) is 12.1 Å². The molecule has 7 N–H and O–H groups in total. The summed E-state index contributed by atoms with van der Waals surface area (Å²) in [4.78, 5) is 25.7. The number of anilines is 8. The summed E-state index contributed by atoms with van der Waals surface area (Å²) in [6.07, 6.45) is 0. The number of aromatic carboxylic acids is 2. The van der Waals surface area contributed by atoms with Crippen LogP contribution in [0.3, 0.4) is 0 Å². The Hall–Kier alpha value is -7.76. The van der Waals surface area contributed by atoms with Crippen LogP contribution in [0.4, 0.5) is 45.5 Å². The summed E-state index contributed by atoms with van der Waals surface area (Å²) in [5.41, 5.74) is 20.5. The summed E-state index contributed by atoms with van der Waals surface area (Å²) in [7, 11) is 1.66. The molecule has 0 aliphatic carbocycles. The number of benzene rings is 7. The maximum Gasteiger partial charge on any atom is 0.335 e. The number of rotatable bonds is 12. The second kappa shape index (κ2) is 18.0. The van der Waals surface area contributed by atoms with E-state index in [0.717, 1.165) is 45.4 Å². The number of aliphatic hydroxyl groups is 1. The van der Waals surface area contributed by atoms with Crippen LogP contribution < -0.4 is 30.7 Å². The first-order valence-corrected chi connectivity index (χ1v) is 17.7. The molecule has 0 bridgehead atoms. The van der Waals surface area contributed by atoms with Crippen LogP contribution in [-0.4, -0.2) is 34.4 Å². The lowest BCUT2D eigenvalue weighted by atomic mass is 10.1. The lowest BCUT2D eigenvalue weighted by molar-refractivity contribution is 0.0686. The van der Waals surface area contributed by atoms with Gasteiger partial charge in [-0.25, -0.2) is 9.59 Å². The molecule has 0 amide bonds. The molecular formula is C46H40N4O7. The Balaban J connectivity index is 0.000000242. The number of hydrogen-bond donors (Lipinski definition) is 5. The summed E-state index contributed by atoms with van der Waals surface area (Å²) in [5.74, 6) is -0.247. The summed E-state index contributed by atoms with van der Waals surface area (Å²) in [6.45, 7) is 0.00315. The van der Waals surface area contributed by atoms with Gasteiger partial charge in [0, 0.05) is 45.5 Å². The highest BCUT2D eigenvalue weighted by Gasteiger charge is 2.16. The van der Waals surface area contributed by atoms with E-state index >= 15 is 0 Å². The zero-order valence-corrected chi connectivity index (χ0v) is 30.9. The van der Waals surface area contributed by atoms with Crippen LogP contribution in [0, 0.1) is 0 Å². The van der Waals surface area contributed by atoms with Crippen molar-refractivity contribution in [3.05, 3.63) is 187 Å². The summed E-state index contributed by atoms with van der Waals surface area (Å²) in [6, 6.07) is 51.7. The van der Waals surface area contributed by atoms with Crippen LogP contribution >= 0.6 is 0 Å². The molecule has 0 aliphatic heterocycles. The van der Waals surface area contributed by atoms with Crippen molar-refractivity contribution in [2.75, 3.05) is 28.4 Å². The first kappa shape index (κ1) is 38.9. The van der Waals surface area contributed by atoms with E-state index in [-0.39, 0.29) is 17.7 Å². The number of carboxylic acids is 2. The van der Waals surface area contributed by atoms with E-state index in [4.69, 9.17) is 31.2 Å². The van der Waals surface area contributed by atoms with Crippen molar-refractivity contribution in [1.82, 2.24) is 0 Å². The molecule has 0 fully saturated rings. The average molecular weight is 761 g/mol. The fourth-order valence-electron chi connectivity index (χ4n) is 5.84. The first-order valence-electron chi connectivity index (χ1n) is 17.7. The molecule has 7 aromatic carbocycles. The van der Waals surface area contributed by atoms with Crippen molar-refractivity contribution in [3.8, 4) is 17.2 Å². The minimum absolute atomic E-state index is 0.00315. The maximum absolute atomic E-state index is 10.7. The zero-order valence-electron chi connectivity index (χ0n) is 30.9. The lowest BCUT2D eigenvalue weighted by Crippen LogP contribution is -2.12. The SMILES string of the molecule is COc1ccc(N(c2ccc(N)cc2)c2ccc(N(c3ccc(N)cc3)c3ccc(CO)cc3)cc2)cc1.O=C(O)c1ccc(Oc2ccc(C(=O)O)cc2)cc1. The predicted octanol–water partition coefficient (Wildman–Crippen LogP) is 10.2. The Labute approximate surface area is 329 Å². The Morgan fingerprint density at radius 3 is 1.04 bits per heavy atom. The van der Waals surface area contributed by atoms with Gasteiger partial charge in [-0.15, -0.1) is 0 Å². The molecule has 0 atom stereocenters. The molecule has 0 saturated carbocycles. The molecule has 7 rings (SSSR count). The molecule has 0 saturated heterocycles. The summed E-state index contributed by atoms with van der Waals surface area (Å²) >= 11 is 0. The lowest BCUT2D eigenvalue weighted by Gasteiger charge is -2.28. The fraction of sp³-hybridized carbons (Fsp3) is 0.0435. The van der Waals surface area contributed by atoms with Crippen molar-refractivity contribution >= 4 is 57.4 Å². The van der Waals surface area contributed by atoms with Gasteiger partial charge in [0.2, 0.25) is 0 Å². The van der Waals surface area contributed by atoms with Crippen LogP contribution in [0.5, 0.6) is 17.2 Å². The molecule has 57 heavy (non-hydrogen) atoms. The highest BCUT2D eigenvalue weighted by atomic mass is 16.5. The highest BCUT2D eigenvalue weighted by Crippen LogP contribution is 2.39. The van der Waals surface area contributed by atoms with E-state index in [1.165, 1.54) is 48.5 Å². The van der Waals surface area contributed by atoms with E-state index in [2.05, 4.69) is 34.1 Å². The molecule has 0 unspecified atom stereocenters. The third-order valence-electron chi connectivity index (χ3n) is 8.81. The Bertz CT molecular complexity index is 2210. The predicted molar refractivity (Wildman–Crippen MR) is 224 cm³/mol. The van der Waals surface area contributed by atoms with Gasteiger partial charge in [-0.2, -0.15) is 0 Å². The third kappa shape index (κ3) is 9.87. The number of hydrogen-bond acceptors (Lipinski definition) is 9. The van der Waals surface area contributed by atoms with E-state index in [1.54, 1.807) is 7.11 Å². The number of carboxylic acid groups (broad SMARTS) is 2. The number of methoxy groups -OCH3 is 1. The third-order valence-corrected chi connectivity index (χ3v) is 8.81. The number of nitrogens with zero attached hydrogens (tertiary/aromatic N) is 2. The average Bonchev–Trinajstić information content (AvgIpc) is 3.24. The molecule has 286 valence electrons. The number of nitrogens with two attached hydrogens (primary N) is 2. The molecule has 0 heterocycles. The smallest absolute Gasteiger partial charge is 0.335 e. The molecule has 11 heteroatoms. The van der Waals surface area contributed by atoms with Crippen molar-refractivity contribution in [3.63, 3.8) is 0 Å². The number of ether oxygens (including phenoxy) is 2. The van der Waals surface area contributed by atoms with E-state index in [0.29, 0.717) is 22.9 Å². The summed E-state index contributed by atoms with van der Waals surface area (Å²) < 4.78 is 10.8. The highest BCUT2D eigenvalue weighted by molar-refractivity contribution is 5.88. The maximum atomic E-state index is 10.7. The van der Waals surface area contributed by atoms with Gasteiger partial charge < -0.3 is 46.1 Å². The molecule has 0 aromatic heterocycles. The van der Waals surface area contributed by atoms with Crippen molar-refractivity contribution in [2.24, 2.45) is 0 Å². The first-order chi connectivity index (χ1) is 27.6. The van der Waals surface area contributed by atoms with Crippen molar-refractivity contribution < 1.29 is 34.4 Å². The van der Waals surface area contributed by atoms with Gasteiger partial charge >= 0.3 is 11.9 Å². The molecular weight excluding hydrogens is 721 g/mol. The van der Waals surface area contributed by atoms with Crippen LogP contribution in [0.2, 0.25) is 0 Å². The Kier molecular flexibility index (Phi) is 12.3. The van der Waals surface area contributed by atoms with E-state index in [1.807, 2.05) is 97.1 Å². The standard InChI is InChI=1S/C32H30N4O2.C14H10O5/c1-38-32-20-18-31(19-21-32)36(28-12-6-25(34)7-13-28)30-16-14-29(15-17-30)35(27-10-4-24(33)5-11-27)26-8-2-23(22-37)3-9-26;15-13(16)9-1-5-11(6-2-9)19-12-7-3-10(4-8-12)14(17)18/h2-21,37H,22,33-34H2,1H3;1-8H,(H,15,16)(H,17,18). The number of aliphatic hydroxyl groups excluding tert-OH is 1. The minimum Gasteiger partial charge on any atom is -0.497 e. The van der Waals surface area contributed by atoms with Gasteiger partial charge in [-0.3, -0.25) is 0 Å². The van der Waals surface area contributed by atoms with Crippen molar-refractivity contribution in [1.29, 1.82) is 0 Å². The Morgan fingerprint density at radius 1 is 0.456 bits per heavy atom. The molecule has 0 radical (unpaired) electrons. The van der Waals surface area contributed by atoms with Crippen molar-refractivity contribution in [2.45, 2.75) is 6.61 Å². The Morgan fingerprint density at radius 2 is 0.737 bits per heavy atom. The van der Waals surface area contributed by atoms with Gasteiger partial charge in [0.05, 0.1) is 24.8 Å². The van der Waals surface area contributed by atoms with Gasteiger partial charge in [0.1, 0.15) is 17.2 Å². The van der Waals surface area contributed by atoms with Crippen LogP contribution in [0.1, 0.15) is 26.3 Å². The fourth-order valence-corrected chi connectivity index (χ4v) is 5.84. The van der Waals surface area contributed by atoms with Gasteiger partial charge in [0.15, 0.2) is 0 Å². The van der Waals surface area contributed by atoms with Crippen LogP contribution in [0.25, 0.3) is 0 Å². The monoisotopic (exact) mass is 760 g/mol. The van der Waals surface area contributed by atoms with E-state index < -0.39 is 11.9 Å². The second-order valence-electron chi connectivity index (χ2n) is 12.7. The van der Waals surface area contributed by atoms with Gasteiger partial charge in [-0.05, 0) is 163 Å². The molecule has 0 aliphatic rings. The van der Waals surface area contributed by atoms with Crippen LogP contribution in [-0.2, 0) is 6.61 Å². The largest absolute Gasteiger partial charge is 0.497 e. The normalized spacial score (nSPS) is 10.4. The van der Waals surface area contributed by atoms with Gasteiger partial charge in [0.25, 0.3) is 0 Å². The minimum atomic E-state index is -1.00. The van der Waals surface area contributed by atoms with Crippen LogP contribution in [0.15, 0.2) is 170 Å². The quantitative estimate of drug-likeness (QED) is 0.0751. The van der Waals surface area contributed by atoms with E-state index in [9.17, 15) is 14.7 Å². The number of nitrogen functional groups attached to an aromatic ring is 2. The zero-order chi connectivity index (χ0) is 40.3. The second-order valence-corrected chi connectivity index (χ2v) is 12.7. The molecule has 0 spiro atoms. The molecule has 7 aromatic rings.